The zero-order chi connectivity index (χ0) is 19.1. The number of ether oxygens (including phenoxy) is 1. The fourth-order valence-electron chi connectivity index (χ4n) is 2.61. The maximum atomic E-state index is 12.3. The monoisotopic (exact) mass is 401 g/mol. The molecule has 0 saturated carbocycles. The Morgan fingerprint density at radius 3 is 2.26 bits per heavy atom. The van der Waals surface area contributed by atoms with Gasteiger partial charge >= 0.3 is 6.09 Å². The maximum absolute atomic E-state index is 12.3. The van der Waals surface area contributed by atoms with E-state index in [1.807, 2.05) is 60.7 Å². The highest BCUT2D eigenvalue weighted by Crippen LogP contribution is 2.26. The molecule has 0 bridgehead atoms. The van der Waals surface area contributed by atoms with E-state index < -0.39 is 12.1 Å². The summed E-state index contributed by atoms with van der Waals surface area (Å²) in [6.07, 6.45) is -0.0491. The van der Waals surface area contributed by atoms with Gasteiger partial charge in [-0.15, -0.1) is 10.2 Å². The Morgan fingerprint density at radius 2 is 1.59 bits per heavy atom. The van der Waals surface area contributed by atoms with Crippen molar-refractivity contribution < 1.29 is 9.53 Å². The maximum Gasteiger partial charge on any atom is 0.407 e. The van der Waals surface area contributed by atoms with Crippen LogP contribution < -0.4 is 5.32 Å². The average molecular weight is 402 g/mol. The zero-order valence-corrected chi connectivity index (χ0v) is 15.8. The first-order valence-corrected chi connectivity index (χ1v) is 9.07. The van der Waals surface area contributed by atoms with E-state index >= 15 is 0 Å². The van der Waals surface area contributed by atoms with Gasteiger partial charge in [0.2, 0.25) is 0 Å². The molecule has 1 unspecified atom stereocenters. The minimum atomic E-state index is -0.552. The van der Waals surface area contributed by atoms with Crippen molar-refractivity contribution in [1.29, 1.82) is 0 Å². The summed E-state index contributed by atoms with van der Waals surface area (Å²) in [7, 11) is 0. The number of hydrogen-bond acceptors (Lipinski definition) is 4. The van der Waals surface area contributed by atoms with Gasteiger partial charge in [0.05, 0.1) is 6.04 Å². The van der Waals surface area contributed by atoms with Crippen molar-refractivity contribution >= 4 is 29.3 Å². The molecular formula is C20H17Cl2N3O2. The van der Waals surface area contributed by atoms with Gasteiger partial charge in [-0.1, -0.05) is 83.9 Å². The van der Waals surface area contributed by atoms with Crippen molar-refractivity contribution in [3.63, 3.8) is 0 Å². The number of nitrogens with one attached hydrogen (secondary N) is 1. The minimum absolute atomic E-state index is 0.174. The van der Waals surface area contributed by atoms with E-state index in [-0.39, 0.29) is 16.9 Å². The van der Waals surface area contributed by atoms with Crippen LogP contribution in [0, 0.1) is 0 Å². The van der Waals surface area contributed by atoms with E-state index in [1.54, 1.807) is 6.07 Å². The molecule has 0 radical (unpaired) electrons. The van der Waals surface area contributed by atoms with Crippen LogP contribution in [0.1, 0.15) is 22.7 Å². The van der Waals surface area contributed by atoms with Crippen LogP contribution in [0.15, 0.2) is 66.7 Å². The van der Waals surface area contributed by atoms with Gasteiger partial charge in [-0.3, -0.25) is 0 Å². The molecule has 3 rings (SSSR count). The Bertz CT molecular complexity index is 892. The molecule has 0 aliphatic carbocycles. The molecule has 3 aromatic rings. The SMILES string of the molecule is O=C(NC(Cc1ccccc1)c1cc(Cl)nnc1Cl)OCc1ccccc1. The molecule has 2 aromatic carbocycles. The lowest BCUT2D eigenvalue weighted by Gasteiger charge is -2.20. The molecule has 0 aliphatic heterocycles. The van der Waals surface area contributed by atoms with Crippen LogP contribution in [0.3, 0.4) is 0 Å². The van der Waals surface area contributed by atoms with Crippen LogP contribution in [0.5, 0.6) is 0 Å². The number of carbonyl (C=O) groups excluding carboxylic acids is 1. The van der Waals surface area contributed by atoms with Gasteiger partial charge in [-0.25, -0.2) is 4.79 Å². The van der Waals surface area contributed by atoms with E-state index in [4.69, 9.17) is 27.9 Å². The van der Waals surface area contributed by atoms with Crippen LogP contribution in [-0.2, 0) is 17.8 Å². The molecule has 1 heterocycles. The Balaban J connectivity index is 1.75. The predicted octanol–water partition coefficient (Wildman–Crippen LogP) is 4.99. The van der Waals surface area contributed by atoms with E-state index in [0.717, 1.165) is 11.1 Å². The summed E-state index contributed by atoms with van der Waals surface area (Å²) in [5, 5.41) is 10.8. The van der Waals surface area contributed by atoms with E-state index in [2.05, 4.69) is 15.5 Å². The summed E-state index contributed by atoms with van der Waals surface area (Å²) < 4.78 is 5.33. The highest BCUT2D eigenvalue weighted by Gasteiger charge is 2.20. The summed E-state index contributed by atoms with van der Waals surface area (Å²) in [4.78, 5) is 12.3. The summed E-state index contributed by atoms with van der Waals surface area (Å²) in [6, 6.07) is 20.3. The molecular weight excluding hydrogens is 385 g/mol. The van der Waals surface area contributed by atoms with Crippen LogP contribution in [0.4, 0.5) is 4.79 Å². The molecule has 27 heavy (non-hydrogen) atoms. The molecule has 0 fully saturated rings. The molecule has 0 saturated heterocycles. The molecule has 1 aromatic heterocycles. The van der Waals surface area contributed by atoms with Crippen molar-refractivity contribution in [3.8, 4) is 0 Å². The zero-order valence-electron chi connectivity index (χ0n) is 14.3. The predicted molar refractivity (Wildman–Crippen MR) is 105 cm³/mol. The van der Waals surface area contributed by atoms with Gasteiger partial charge in [0, 0.05) is 5.56 Å². The molecule has 1 atom stereocenters. The number of nitrogens with zero attached hydrogens (tertiary/aromatic N) is 2. The number of aromatic nitrogens is 2. The largest absolute Gasteiger partial charge is 0.445 e. The minimum Gasteiger partial charge on any atom is -0.445 e. The number of alkyl carbamates (subject to hydrolysis) is 1. The first kappa shape index (κ1) is 19.1. The fraction of sp³-hybridized carbons (Fsp3) is 0.150. The Kier molecular flexibility index (Phi) is 6.63. The standard InChI is InChI=1S/C20H17Cl2N3O2/c21-18-12-16(19(22)25-24-18)17(11-14-7-3-1-4-8-14)23-20(26)27-13-15-9-5-2-6-10-15/h1-10,12,17H,11,13H2,(H,23,26). The second kappa shape index (κ2) is 9.35. The number of benzene rings is 2. The lowest BCUT2D eigenvalue weighted by atomic mass is 10.0. The number of halogens is 2. The topological polar surface area (TPSA) is 64.1 Å². The van der Waals surface area contributed by atoms with Gasteiger partial charge in [0.15, 0.2) is 10.3 Å². The van der Waals surface area contributed by atoms with Crippen LogP contribution in [0.25, 0.3) is 0 Å². The highest BCUT2D eigenvalue weighted by atomic mass is 35.5. The first-order valence-electron chi connectivity index (χ1n) is 8.31. The van der Waals surface area contributed by atoms with Gasteiger partial charge in [-0.05, 0) is 23.6 Å². The second-order valence-electron chi connectivity index (χ2n) is 5.86. The first-order chi connectivity index (χ1) is 13.1. The van der Waals surface area contributed by atoms with Crippen LogP contribution in [-0.4, -0.2) is 16.3 Å². The van der Waals surface area contributed by atoms with E-state index in [1.165, 1.54) is 0 Å². The summed E-state index contributed by atoms with van der Waals surface area (Å²) in [6.45, 7) is 0.174. The van der Waals surface area contributed by atoms with Crippen molar-refractivity contribution in [2.24, 2.45) is 0 Å². The number of hydrogen-bond donors (Lipinski definition) is 1. The number of rotatable bonds is 6. The van der Waals surface area contributed by atoms with Gasteiger partial charge in [0.25, 0.3) is 0 Å². The highest BCUT2D eigenvalue weighted by molar-refractivity contribution is 6.31. The second-order valence-corrected chi connectivity index (χ2v) is 6.61. The van der Waals surface area contributed by atoms with E-state index in [9.17, 15) is 4.79 Å². The van der Waals surface area contributed by atoms with Crippen molar-refractivity contribution in [3.05, 3.63) is 93.7 Å². The van der Waals surface area contributed by atoms with Crippen molar-refractivity contribution in [2.75, 3.05) is 0 Å². The summed E-state index contributed by atoms with van der Waals surface area (Å²) in [5.74, 6) is 0. The van der Waals surface area contributed by atoms with Crippen molar-refractivity contribution in [1.82, 2.24) is 15.5 Å². The van der Waals surface area contributed by atoms with Crippen LogP contribution in [0.2, 0.25) is 10.3 Å². The summed E-state index contributed by atoms with van der Waals surface area (Å²) >= 11 is 12.2. The molecule has 0 aliphatic rings. The fourth-order valence-corrected chi connectivity index (χ4v) is 2.99. The van der Waals surface area contributed by atoms with Gasteiger partial charge in [0.1, 0.15) is 6.61 Å². The van der Waals surface area contributed by atoms with E-state index in [0.29, 0.717) is 12.0 Å². The normalized spacial score (nSPS) is 11.6. The molecule has 7 heteroatoms. The third kappa shape index (κ3) is 5.67. The third-order valence-corrected chi connectivity index (χ3v) is 4.39. The smallest absolute Gasteiger partial charge is 0.407 e. The number of carbonyl (C=O) groups is 1. The van der Waals surface area contributed by atoms with Gasteiger partial charge in [-0.2, -0.15) is 0 Å². The Labute approximate surface area is 167 Å². The molecule has 5 nitrogen and oxygen atoms in total. The molecule has 1 amide bonds. The molecule has 0 spiro atoms. The lowest BCUT2D eigenvalue weighted by molar-refractivity contribution is 0.135. The third-order valence-electron chi connectivity index (χ3n) is 3.91. The van der Waals surface area contributed by atoms with Crippen LogP contribution >= 0.6 is 23.2 Å². The Hall–Kier alpha value is -2.63. The van der Waals surface area contributed by atoms with Crippen molar-refractivity contribution in [2.45, 2.75) is 19.1 Å². The molecule has 1 N–H and O–H groups in total. The quantitative estimate of drug-likeness (QED) is 0.631. The lowest BCUT2D eigenvalue weighted by Crippen LogP contribution is -2.31. The molecule has 138 valence electrons. The Morgan fingerprint density at radius 1 is 0.963 bits per heavy atom. The summed E-state index contributed by atoms with van der Waals surface area (Å²) in [5.41, 5.74) is 2.51. The van der Waals surface area contributed by atoms with Gasteiger partial charge < -0.3 is 10.1 Å². The number of amides is 1. The average Bonchev–Trinajstić information content (AvgIpc) is 2.69.